The number of aromatic nitrogens is 4. The van der Waals surface area contributed by atoms with Crippen LogP contribution in [-0.2, 0) is 12.8 Å². The molecule has 2 aromatic rings. The minimum atomic E-state index is 0.0226. The monoisotopic (exact) mass is 204 g/mol. The second-order valence-corrected chi connectivity index (χ2v) is 3.93. The summed E-state index contributed by atoms with van der Waals surface area (Å²) in [7, 11) is 0. The molecule has 0 aromatic carbocycles. The van der Waals surface area contributed by atoms with Crippen molar-refractivity contribution in [3.63, 3.8) is 0 Å². The number of rotatable bonds is 0. The van der Waals surface area contributed by atoms with E-state index < -0.39 is 0 Å². The van der Waals surface area contributed by atoms with E-state index >= 15 is 0 Å². The van der Waals surface area contributed by atoms with Gasteiger partial charge in [0.2, 0.25) is 0 Å². The number of fused-ring (bicyclic) bond motifs is 2. The van der Waals surface area contributed by atoms with E-state index in [4.69, 9.17) is 0 Å². The van der Waals surface area contributed by atoms with Crippen molar-refractivity contribution in [1.82, 2.24) is 19.6 Å². The van der Waals surface area contributed by atoms with Gasteiger partial charge in [0.1, 0.15) is 6.33 Å². The minimum Gasteiger partial charge on any atom is -0.278 e. The predicted octanol–water partition coefficient (Wildman–Crippen LogP) is 0.686. The highest BCUT2D eigenvalue weighted by atomic mass is 16.1. The molecule has 0 amide bonds. The Hall–Kier alpha value is -1.65. The van der Waals surface area contributed by atoms with E-state index in [1.54, 1.807) is 0 Å². The van der Waals surface area contributed by atoms with E-state index in [2.05, 4.69) is 15.1 Å². The molecule has 2 heterocycles. The molecule has 0 fully saturated rings. The molecule has 0 radical (unpaired) electrons. The van der Waals surface area contributed by atoms with Crippen molar-refractivity contribution in [3.05, 3.63) is 27.9 Å². The van der Waals surface area contributed by atoms with E-state index in [9.17, 15) is 4.79 Å². The Bertz CT molecular complexity index is 554. The molecule has 0 saturated heterocycles. The maximum Gasteiger partial charge on any atom is 0.277 e. The van der Waals surface area contributed by atoms with Crippen molar-refractivity contribution in [2.24, 2.45) is 0 Å². The Morgan fingerprint density at radius 1 is 1.27 bits per heavy atom. The molecule has 78 valence electrons. The summed E-state index contributed by atoms with van der Waals surface area (Å²) in [6, 6.07) is 0. The standard InChI is InChI=1S/C10H12N4O/c15-9-7-4-2-1-3-5-8(7)13-10-11-6-12-14(9)10/h6H,1-5H2,(H,11,12,13). The predicted molar refractivity (Wildman–Crippen MR) is 54.9 cm³/mol. The molecule has 0 saturated carbocycles. The highest BCUT2D eigenvalue weighted by Gasteiger charge is 2.15. The van der Waals surface area contributed by atoms with Crippen LogP contribution in [-0.4, -0.2) is 19.6 Å². The van der Waals surface area contributed by atoms with Gasteiger partial charge in [-0.1, -0.05) is 6.42 Å². The number of hydrogen-bond donors (Lipinski definition) is 1. The lowest BCUT2D eigenvalue weighted by atomic mass is 10.1. The number of H-pyrrole nitrogens is 1. The summed E-state index contributed by atoms with van der Waals surface area (Å²) in [5.41, 5.74) is 1.84. The van der Waals surface area contributed by atoms with Crippen LogP contribution >= 0.6 is 0 Å². The van der Waals surface area contributed by atoms with Gasteiger partial charge in [-0.2, -0.15) is 4.52 Å². The molecule has 5 heteroatoms. The Labute approximate surface area is 86.2 Å². The number of nitrogens with zero attached hydrogens (tertiary/aromatic N) is 3. The molecule has 0 spiro atoms. The maximum absolute atomic E-state index is 12.0. The second-order valence-electron chi connectivity index (χ2n) is 3.93. The number of aryl methyl sites for hydroxylation is 1. The molecule has 3 rings (SSSR count). The molecular formula is C10H12N4O. The lowest BCUT2D eigenvalue weighted by Crippen LogP contribution is -2.22. The van der Waals surface area contributed by atoms with Crippen molar-refractivity contribution in [2.75, 3.05) is 0 Å². The zero-order valence-electron chi connectivity index (χ0n) is 8.36. The summed E-state index contributed by atoms with van der Waals surface area (Å²) in [6.45, 7) is 0. The van der Waals surface area contributed by atoms with Crippen LogP contribution in [0.25, 0.3) is 5.78 Å². The Balaban J connectivity index is 2.33. The van der Waals surface area contributed by atoms with Gasteiger partial charge < -0.3 is 0 Å². The number of hydrogen-bond acceptors (Lipinski definition) is 3. The summed E-state index contributed by atoms with van der Waals surface area (Å²) in [5.74, 6) is 0.487. The average molecular weight is 204 g/mol. The largest absolute Gasteiger partial charge is 0.278 e. The van der Waals surface area contributed by atoms with Crippen LogP contribution in [0.5, 0.6) is 0 Å². The van der Waals surface area contributed by atoms with Gasteiger partial charge in [0.25, 0.3) is 11.3 Å². The van der Waals surface area contributed by atoms with Crippen LogP contribution in [0, 0.1) is 0 Å². The smallest absolute Gasteiger partial charge is 0.277 e. The van der Waals surface area contributed by atoms with Gasteiger partial charge >= 0.3 is 0 Å². The maximum atomic E-state index is 12.0. The fraction of sp³-hybridized carbons (Fsp3) is 0.500. The second kappa shape index (κ2) is 3.18. The quantitative estimate of drug-likeness (QED) is 0.642. The lowest BCUT2D eigenvalue weighted by Gasteiger charge is -2.02. The molecule has 1 aliphatic rings. The Kier molecular flexibility index (Phi) is 1.83. The summed E-state index contributed by atoms with van der Waals surface area (Å²) in [5, 5.41) is 2.79. The van der Waals surface area contributed by atoms with E-state index in [1.807, 2.05) is 0 Å². The average Bonchev–Trinajstić information content (AvgIpc) is 2.56. The molecule has 1 N–H and O–H groups in total. The highest BCUT2D eigenvalue weighted by molar-refractivity contribution is 5.31. The van der Waals surface area contributed by atoms with E-state index in [0.717, 1.165) is 36.9 Å². The Morgan fingerprint density at radius 3 is 3.07 bits per heavy atom. The Morgan fingerprint density at radius 2 is 2.13 bits per heavy atom. The van der Waals surface area contributed by atoms with Crippen LogP contribution in [0.1, 0.15) is 30.5 Å². The van der Waals surface area contributed by atoms with Crippen molar-refractivity contribution in [1.29, 1.82) is 0 Å². The zero-order chi connectivity index (χ0) is 10.3. The molecule has 1 aliphatic carbocycles. The molecule has 0 bridgehead atoms. The summed E-state index contributed by atoms with van der Waals surface area (Å²) < 4.78 is 1.42. The third-order valence-corrected chi connectivity index (χ3v) is 2.95. The summed E-state index contributed by atoms with van der Waals surface area (Å²) >= 11 is 0. The molecule has 0 aliphatic heterocycles. The van der Waals surface area contributed by atoms with Gasteiger partial charge in [-0.25, -0.2) is 9.97 Å². The number of nitrogens with one attached hydrogen (secondary N) is 1. The van der Waals surface area contributed by atoms with E-state index in [-0.39, 0.29) is 5.56 Å². The van der Waals surface area contributed by atoms with Crippen LogP contribution in [0.15, 0.2) is 11.1 Å². The first-order valence-electron chi connectivity index (χ1n) is 5.30. The molecular weight excluding hydrogens is 192 g/mol. The van der Waals surface area contributed by atoms with Crippen LogP contribution in [0.2, 0.25) is 0 Å². The van der Waals surface area contributed by atoms with Crippen LogP contribution in [0.4, 0.5) is 0 Å². The normalized spacial score (nSPS) is 16.3. The zero-order valence-corrected chi connectivity index (χ0v) is 8.36. The van der Waals surface area contributed by atoms with Gasteiger partial charge in [0.15, 0.2) is 0 Å². The molecule has 15 heavy (non-hydrogen) atoms. The SMILES string of the molecule is O=c1c2c(nc3nc[nH]n13)CCCCC2. The number of aromatic amines is 1. The highest BCUT2D eigenvalue weighted by Crippen LogP contribution is 2.15. The van der Waals surface area contributed by atoms with Crippen molar-refractivity contribution in [2.45, 2.75) is 32.1 Å². The molecule has 2 aromatic heterocycles. The third-order valence-electron chi connectivity index (χ3n) is 2.95. The lowest BCUT2D eigenvalue weighted by molar-refractivity contribution is 0.708. The summed E-state index contributed by atoms with van der Waals surface area (Å²) in [6.07, 6.45) is 6.66. The fourth-order valence-electron chi connectivity index (χ4n) is 2.16. The third kappa shape index (κ3) is 1.26. The van der Waals surface area contributed by atoms with Gasteiger partial charge in [-0.3, -0.25) is 9.89 Å². The first-order valence-corrected chi connectivity index (χ1v) is 5.30. The first kappa shape index (κ1) is 8.64. The molecule has 0 unspecified atom stereocenters. The molecule has 0 atom stereocenters. The first-order chi connectivity index (χ1) is 7.36. The summed E-state index contributed by atoms with van der Waals surface area (Å²) in [4.78, 5) is 20.5. The van der Waals surface area contributed by atoms with Gasteiger partial charge in [0, 0.05) is 5.56 Å². The van der Waals surface area contributed by atoms with E-state index in [1.165, 1.54) is 17.3 Å². The van der Waals surface area contributed by atoms with Gasteiger partial charge in [-0.15, -0.1) is 0 Å². The van der Waals surface area contributed by atoms with E-state index in [0.29, 0.717) is 5.78 Å². The topological polar surface area (TPSA) is 63.0 Å². The minimum absolute atomic E-state index is 0.0226. The van der Waals surface area contributed by atoms with Gasteiger partial charge in [-0.05, 0) is 25.7 Å². The molecule has 5 nitrogen and oxygen atoms in total. The van der Waals surface area contributed by atoms with Crippen LogP contribution in [0.3, 0.4) is 0 Å². The van der Waals surface area contributed by atoms with Crippen molar-refractivity contribution >= 4 is 5.78 Å². The van der Waals surface area contributed by atoms with Crippen LogP contribution < -0.4 is 5.56 Å². The van der Waals surface area contributed by atoms with Gasteiger partial charge in [0.05, 0.1) is 5.69 Å². The van der Waals surface area contributed by atoms with Crippen molar-refractivity contribution in [3.8, 4) is 0 Å². The van der Waals surface area contributed by atoms with Crippen molar-refractivity contribution < 1.29 is 0 Å². The fourth-order valence-corrected chi connectivity index (χ4v) is 2.16.